The zero-order valence-corrected chi connectivity index (χ0v) is 14.4. The van der Waals surface area contributed by atoms with E-state index in [-0.39, 0.29) is 11.6 Å². The number of aromatic nitrogens is 2. The lowest BCUT2D eigenvalue weighted by Crippen LogP contribution is -2.27. The monoisotopic (exact) mass is 371 g/mol. The Morgan fingerprint density at radius 1 is 1.57 bits per heavy atom. The SMILES string of the molecule is COCCn1ncc(NC(C)Cc2cccs2)c(Br)c1=O. The van der Waals surface area contributed by atoms with Crippen molar-refractivity contribution in [2.45, 2.75) is 25.9 Å². The van der Waals surface area contributed by atoms with E-state index in [0.717, 1.165) is 12.1 Å². The number of halogens is 1. The van der Waals surface area contributed by atoms with Crippen molar-refractivity contribution in [3.8, 4) is 0 Å². The standard InChI is InChI=1S/C14H18BrN3O2S/c1-10(8-11-4-3-7-21-11)17-12-9-16-18(5-6-20-2)14(19)13(12)15/h3-4,7,9-10,17H,5-6,8H2,1-2H3. The Hall–Kier alpha value is -1.18. The van der Waals surface area contributed by atoms with Crippen LogP contribution >= 0.6 is 27.3 Å². The molecule has 0 radical (unpaired) electrons. The molecule has 0 aliphatic rings. The van der Waals surface area contributed by atoms with Gasteiger partial charge in [0.05, 0.1) is 25.0 Å². The number of nitrogens with one attached hydrogen (secondary N) is 1. The molecule has 21 heavy (non-hydrogen) atoms. The van der Waals surface area contributed by atoms with Gasteiger partial charge in [-0.05, 0) is 34.3 Å². The van der Waals surface area contributed by atoms with E-state index in [2.05, 4.69) is 44.7 Å². The fraction of sp³-hybridized carbons (Fsp3) is 0.429. The van der Waals surface area contributed by atoms with Gasteiger partial charge in [-0.1, -0.05) is 6.07 Å². The van der Waals surface area contributed by atoms with E-state index in [1.165, 1.54) is 9.56 Å². The van der Waals surface area contributed by atoms with Crippen LogP contribution in [0.15, 0.2) is 33.0 Å². The van der Waals surface area contributed by atoms with E-state index in [0.29, 0.717) is 17.6 Å². The zero-order valence-electron chi connectivity index (χ0n) is 12.0. The van der Waals surface area contributed by atoms with Crippen LogP contribution < -0.4 is 10.9 Å². The first-order chi connectivity index (χ1) is 10.1. The fourth-order valence-corrected chi connectivity index (χ4v) is 3.21. The molecule has 2 aromatic heterocycles. The minimum Gasteiger partial charge on any atom is -0.383 e. The quantitative estimate of drug-likeness (QED) is 0.812. The van der Waals surface area contributed by atoms with Gasteiger partial charge >= 0.3 is 0 Å². The Morgan fingerprint density at radius 2 is 2.38 bits per heavy atom. The summed E-state index contributed by atoms with van der Waals surface area (Å²) in [6, 6.07) is 4.37. The molecule has 0 aliphatic heterocycles. The third-order valence-electron chi connectivity index (χ3n) is 2.98. The molecule has 1 N–H and O–H groups in total. The maximum Gasteiger partial charge on any atom is 0.283 e. The molecular formula is C14H18BrN3O2S. The summed E-state index contributed by atoms with van der Waals surface area (Å²) in [5.74, 6) is 0. The molecule has 1 unspecified atom stereocenters. The molecule has 7 heteroatoms. The molecular weight excluding hydrogens is 354 g/mol. The lowest BCUT2D eigenvalue weighted by atomic mass is 10.2. The summed E-state index contributed by atoms with van der Waals surface area (Å²) in [6.45, 7) is 2.99. The molecule has 0 bridgehead atoms. The second kappa shape index (κ2) is 7.72. The first-order valence-electron chi connectivity index (χ1n) is 6.65. The molecule has 5 nitrogen and oxygen atoms in total. The number of thiophene rings is 1. The van der Waals surface area contributed by atoms with Gasteiger partial charge in [-0.2, -0.15) is 5.10 Å². The Labute approximate surface area is 136 Å². The average molecular weight is 372 g/mol. The smallest absolute Gasteiger partial charge is 0.283 e. The summed E-state index contributed by atoms with van der Waals surface area (Å²) < 4.78 is 6.86. The molecule has 0 spiro atoms. The summed E-state index contributed by atoms with van der Waals surface area (Å²) in [5, 5.41) is 9.55. The van der Waals surface area contributed by atoms with Gasteiger partial charge in [-0.25, -0.2) is 4.68 Å². The lowest BCUT2D eigenvalue weighted by Gasteiger charge is -2.16. The minimum atomic E-state index is -0.152. The Morgan fingerprint density at radius 3 is 3.05 bits per heavy atom. The normalized spacial score (nSPS) is 12.3. The summed E-state index contributed by atoms with van der Waals surface area (Å²) in [7, 11) is 1.60. The van der Waals surface area contributed by atoms with E-state index in [4.69, 9.17) is 4.74 Å². The molecule has 2 rings (SSSR count). The molecule has 0 aromatic carbocycles. The molecule has 114 valence electrons. The fourth-order valence-electron chi connectivity index (χ4n) is 1.95. The summed E-state index contributed by atoms with van der Waals surface area (Å²) in [4.78, 5) is 13.5. The highest BCUT2D eigenvalue weighted by molar-refractivity contribution is 9.10. The van der Waals surface area contributed by atoms with E-state index in [9.17, 15) is 4.79 Å². The summed E-state index contributed by atoms with van der Waals surface area (Å²) in [5.41, 5.74) is 0.568. The van der Waals surface area contributed by atoms with Crippen molar-refractivity contribution in [2.24, 2.45) is 0 Å². The largest absolute Gasteiger partial charge is 0.383 e. The van der Waals surface area contributed by atoms with E-state index in [1.54, 1.807) is 24.6 Å². The van der Waals surface area contributed by atoms with E-state index >= 15 is 0 Å². The third kappa shape index (κ3) is 4.39. The first kappa shape index (κ1) is 16.2. The summed E-state index contributed by atoms with van der Waals surface area (Å²) in [6.07, 6.45) is 2.59. The second-order valence-corrected chi connectivity index (χ2v) is 6.55. The number of hydrogen-bond donors (Lipinski definition) is 1. The number of rotatable bonds is 7. The van der Waals surface area contributed by atoms with E-state index < -0.39 is 0 Å². The number of nitrogens with zero attached hydrogens (tertiary/aromatic N) is 2. The van der Waals surface area contributed by atoms with Gasteiger partial charge in [-0.3, -0.25) is 4.79 Å². The zero-order chi connectivity index (χ0) is 15.2. The second-order valence-electron chi connectivity index (χ2n) is 4.72. The molecule has 2 heterocycles. The van der Waals surface area contributed by atoms with Gasteiger partial charge in [0, 0.05) is 24.4 Å². The molecule has 0 aliphatic carbocycles. The topological polar surface area (TPSA) is 56.1 Å². The average Bonchev–Trinajstić information content (AvgIpc) is 2.96. The molecule has 0 amide bonds. The predicted octanol–water partition coefficient (Wildman–Crippen LogP) is 2.76. The van der Waals surface area contributed by atoms with Crippen molar-refractivity contribution in [1.82, 2.24) is 9.78 Å². The van der Waals surface area contributed by atoms with Gasteiger partial charge < -0.3 is 10.1 Å². The number of methoxy groups -OCH3 is 1. The highest BCUT2D eigenvalue weighted by Gasteiger charge is 2.11. The van der Waals surface area contributed by atoms with Crippen LogP contribution in [0.5, 0.6) is 0 Å². The van der Waals surface area contributed by atoms with Crippen molar-refractivity contribution >= 4 is 33.0 Å². The van der Waals surface area contributed by atoms with Gasteiger partial charge in [-0.15, -0.1) is 11.3 Å². The van der Waals surface area contributed by atoms with Crippen LogP contribution in [0.3, 0.4) is 0 Å². The maximum absolute atomic E-state index is 12.2. The van der Waals surface area contributed by atoms with Gasteiger partial charge in [0.1, 0.15) is 4.47 Å². The van der Waals surface area contributed by atoms with Gasteiger partial charge in [0.2, 0.25) is 0 Å². The molecule has 0 saturated carbocycles. The van der Waals surface area contributed by atoms with Crippen LogP contribution in [0.2, 0.25) is 0 Å². The number of ether oxygens (including phenoxy) is 1. The van der Waals surface area contributed by atoms with Crippen molar-refractivity contribution in [3.05, 3.63) is 43.4 Å². The maximum atomic E-state index is 12.2. The Bertz CT molecular complexity index is 628. The van der Waals surface area contributed by atoms with Gasteiger partial charge in [0.15, 0.2) is 0 Å². The number of hydrogen-bond acceptors (Lipinski definition) is 5. The summed E-state index contributed by atoms with van der Waals surface area (Å²) >= 11 is 5.09. The third-order valence-corrected chi connectivity index (χ3v) is 4.65. The number of anilines is 1. The van der Waals surface area contributed by atoms with Crippen LogP contribution in [-0.4, -0.2) is 29.5 Å². The molecule has 0 fully saturated rings. The molecule has 1 atom stereocenters. The first-order valence-corrected chi connectivity index (χ1v) is 8.32. The highest BCUT2D eigenvalue weighted by atomic mass is 79.9. The van der Waals surface area contributed by atoms with Crippen molar-refractivity contribution in [2.75, 3.05) is 19.0 Å². The predicted molar refractivity (Wildman–Crippen MR) is 89.2 cm³/mol. The minimum absolute atomic E-state index is 0.152. The van der Waals surface area contributed by atoms with Crippen LogP contribution in [0.25, 0.3) is 0 Å². The van der Waals surface area contributed by atoms with Crippen LogP contribution in [-0.2, 0) is 17.7 Å². The van der Waals surface area contributed by atoms with Crippen LogP contribution in [0.4, 0.5) is 5.69 Å². The van der Waals surface area contributed by atoms with Crippen LogP contribution in [0, 0.1) is 0 Å². The van der Waals surface area contributed by atoms with Crippen molar-refractivity contribution in [1.29, 1.82) is 0 Å². The van der Waals surface area contributed by atoms with E-state index in [1.807, 2.05) is 6.07 Å². The van der Waals surface area contributed by atoms with Crippen molar-refractivity contribution in [3.63, 3.8) is 0 Å². The van der Waals surface area contributed by atoms with Crippen LogP contribution in [0.1, 0.15) is 11.8 Å². The lowest BCUT2D eigenvalue weighted by molar-refractivity contribution is 0.181. The molecule has 2 aromatic rings. The highest BCUT2D eigenvalue weighted by Crippen LogP contribution is 2.19. The van der Waals surface area contributed by atoms with Gasteiger partial charge in [0.25, 0.3) is 5.56 Å². The Kier molecular flexibility index (Phi) is 5.96. The van der Waals surface area contributed by atoms with Crippen molar-refractivity contribution < 1.29 is 4.74 Å². The Balaban J connectivity index is 2.06. The molecule has 0 saturated heterocycles.